The van der Waals surface area contributed by atoms with Gasteiger partial charge in [-0.1, -0.05) is 48.5 Å². The maximum atomic E-state index is 13.1. The highest BCUT2D eigenvalue weighted by atomic mass is 16.6. The van der Waals surface area contributed by atoms with E-state index >= 15 is 0 Å². The molecule has 0 radical (unpaired) electrons. The van der Waals surface area contributed by atoms with Crippen molar-refractivity contribution in [2.24, 2.45) is 62.6 Å². The van der Waals surface area contributed by atoms with E-state index in [9.17, 15) is 24.6 Å². The topological polar surface area (TPSA) is 126 Å². The number of fused-ring (bicyclic) bond motifs is 4. The van der Waals surface area contributed by atoms with Crippen molar-refractivity contribution in [2.45, 2.75) is 137 Å². The molecule has 10 nitrogen and oxygen atoms in total. The summed E-state index contributed by atoms with van der Waals surface area (Å²) in [5.74, 6) is 0.198. The van der Waals surface area contributed by atoms with Gasteiger partial charge in [0.1, 0.15) is 12.2 Å². The Morgan fingerprint density at radius 3 is 2.20 bits per heavy atom. The number of likely N-dealkylation sites (tertiary alicyclic amines) is 2. The maximum Gasteiger partial charge on any atom is 0.410 e. The number of carbonyl (C=O) groups excluding carboxylic acids is 2. The fourth-order valence-corrected chi connectivity index (χ4v) is 14.0. The molecule has 3 saturated heterocycles. The van der Waals surface area contributed by atoms with E-state index in [0.717, 1.165) is 58.0 Å². The highest BCUT2D eigenvalue weighted by molar-refractivity contribution is 5.76. The predicted octanol–water partition coefficient (Wildman–Crippen LogP) is 6.19. The van der Waals surface area contributed by atoms with Crippen LogP contribution in [0.1, 0.15) is 106 Å². The van der Waals surface area contributed by atoms with E-state index in [-0.39, 0.29) is 88.6 Å². The number of rotatable bonds is 5. The minimum atomic E-state index is -0.854. The van der Waals surface area contributed by atoms with Crippen LogP contribution >= 0.6 is 0 Å². The summed E-state index contributed by atoms with van der Waals surface area (Å²) in [5, 5.41) is 21.9. The predicted molar refractivity (Wildman–Crippen MR) is 180 cm³/mol. The van der Waals surface area contributed by atoms with Gasteiger partial charge in [0.2, 0.25) is 0 Å². The number of carbonyl (C=O) groups is 3. The Labute approximate surface area is 291 Å². The molecule has 0 aromatic rings. The van der Waals surface area contributed by atoms with Crippen LogP contribution in [0.3, 0.4) is 0 Å². The summed E-state index contributed by atoms with van der Waals surface area (Å²) < 4.78 is 19.3. The van der Waals surface area contributed by atoms with Crippen molar-refractivity contribution in [2.75, 3.05) is 26.2 Å². The summed E-state index contributed by atoms with van der Waals surface area (Å²) in [7, 11) is 0. The standard InChI is InChI=1S/C39H60N2O8/c1-21(2)29(49-33(45)40-15-8-16-40)24-17-22(3)28-30(47-24)31(42)37(7)26-10-9-25-35(4,5)27(48-34(46)41-18-23(19-41)32(43)44)11-12-38(25)20-39(26,38)14-13-36(28,37)6/h21-31,42H,8-20H2,1-7H3,(H,43,44)/t22-,24?,25+,26?,27?,28+,29?,30?,31+,36?,37-,38?,39?/m1/s1. The molecule has 2 amide bonds. The van der Waals surface area contributed by atoms with Gasteiger partial charge in [0.05, 0.1) is 24.2 Å². The summed E-state index contributed by atoms with van der Waals surface area (Å²) in [6.07, 6.45) is 7.09. The Kier molecular flexibility index (Phi) is 7.62. The van der Waals surface area contributed by atoms with Crippen molar-refractivity contribution in [3.8, 4) is 0 Å². The quantitative estimate of drug-likeness (QED) is 0.351. The van der Waals surface area contributed by atoms with Crippen LogP contribution in [-0.2, 0) is 19.0 Å². The lowest BCUT2D eigenvalue weighted by molar-refractivity contribution is -0.186. The van der Waals surface area contributed by atoms with Crippen molar-refractivity contribution < 1.29 is 38.8 Å². The van der Waals surface area contributed by atoms with Crippen LogP contribution in [-0.4, -0.2) is 94.9 Å². The molecule has 3 aliphatic heterocycles. The fraction of sp³-hybridized carbons (Fsp3) is 0.923. The minimum Gasteiger partial charge on any atom is -0.481 e. The number of hydrogen-bond acceptors (Lipinski definition) is 7. The number of carboxylic acids is 1. The number of ether oxygens (including phenoxy) is 3. The summed E-state index contributed by atoms with van der Waals surface area (Å²) >= 11 is 0. The largest absolute Gasteiger partial charge is 0.481 e. The first-order chi connectivity index (χ1) is 23.0. The molecule has 8 unspecified atom stereocenters. The molecule has 2 spiro atoms. The molecule has 8 aliphatic rings. The lowest BCUT2D eigenvalue weighted by atomic mass is 9.41. The zero-order valence-corrected chi connectivity index (χ0v) is 30.8. The van der Waals surface area contributed by atoms with Crippen LogP contribution in [0.4, 0.5) is 9.59 Å². The molecular weight excluding hydrogens is 624 g/mol. The SMILES string of the molecule is CC(C)C(OC(=O)N1CCC1)C1C[C@@H](C)[C@H]2C(O1)[C@H](O)[C@@]1(C)C3CC[C@H]4C(C)(C)C(OC(=O)N5CC(C(=O)O)C5)CCC45CC35CCC21C. The molecule has 3 heterocycles. The number of amides is 2. The van der Waals surface area contributed by atoms with Gasteiger partial charge in [-0.05, 0) is 104 Å². The van der Waals surface area contributed by atoms with Gasteiger partial charge in [-0.25, -0.2) is 9.59 Å². The number of aliphatic hydroxyl groups excluding tert-OH is 1. The van der Waals surface area contributed by atoms with Crippen LogP contribution in [0.5, 0.6) is 0 Å². The van der Waals surface area contributed by atoms with Gasteiger partial charge in [-0.15, -0.1) is 0 Å². The third kappa shape index (κ3) is 4.40. The van der Waals surface area contributed by atoms with Gasteiger partial charge in [0.25, 0.3) is 0 Å². The van der Waals surface area contributed by atoms with E-state index in [1.54, 1.807) is 4.90 Å². The van der Waals surface area contributed by atoms with E-state index < -0.39 is 18.0 Å². The number of carboxylic acid groups (broad SMARTS) is 1. The van der Waals surface area contributed by atoms with Crippen molar-refractivity contribution in [1.82, 2.24) is 9.80 Å². The van der Waals surface area contributed by atoms with E-state index in [2.05, 4.69) is 48.5 Å². The zero-order valence-electron chi connectivity index (χ0n) is 30.8. The second-order valence-corrected chi connectivity index (χ2v) is 19.3. The molecule has 8 fully saturated rings. The molecule has 5 aliphatic carbocycles. The van der Waals surface area contributed by atoms with Crippen molar-refractivity contribution >= 4 is 18.2 Å². The summed E-state index contributed by atoms with van der Waals surface area (Å²) in [4.78, 5) is 40.6. The number of hydrogen-bond donors (Lipinski definition) is 2. The van der Waals surface area contributed by atoms with Crippen LogP contribution in [0.25, 0.3) is 0 Å². The van der Waals surface area contributed by atoms with Gasteiger partial charge in [0.15, 0.2) is 0 Å². The van der Waals surface area contributed by atoms with Gasteiger partial charge in [-0.3, -0.25) is 4.79 Å². The normalized spacial score (nSPS) is 48.4. The minimum absolute atomic E-state index is 0.0527. The highest BCUT2D eigenvalue weighted by Crippen LogP contribution is 2.89. The van der Waals surface area contributed by atoms with Crippen molar-refractivity contribution in [3.63, 3.8) is 0 Å². The molecule has 49 heavy (non-hydrogen) atoms. The van der Waals surface area contributed by atoms with E-state index in [1.165, 1.54) is 17.7 Å². The molecule has 13 atom stereocenters. The number of aliphatic hydroxyl groups is 1. The smallest absolute Gasteiger partial charge is 0.410 e. The van der Waals surface area contributed by atoms with E-state index in [1.807, 2.05) is 0 Å². The van der Waals surface area contributed by atoms with Gasteiger partial charge >= 0.3 is 18.2 Å². The van der Waals surface area contributed by atoms with Crippen LogP contribution in [0, 0.1) is 62.6 Å². The molecule has 0 aromatic carbocycles. The number of nitrogens with zero attached hydrogens (tertiary/aromatic N) is 2. The Morgan fingerprint density at radius 2 is 1.57 bits per heavy atom. The van der Waals surface area contributed by atoms with Crippen LogP contribution in [0.2, 0.25) is 0 Å². The van der Waals surface area contributed by atoms with Crippen molar-refractivity contribution in [1.29, 1.82) is 0 Å². The molecule has 0 aromatic heterocycles. The Morgan fingerprint density at radius 1 is 0.898 bits per heavy atom. The molecule has 2 N–H and O–H groups in total. The summed E-state index contributed by atoms with van der Waals surface area (Å²) in [5.41, 5.74) is -0.136. The average Bonchev–Trinajstić information content (AvgIpc) is 3.60. The third-order valence-electron chi connectivity index (χ3n) is 16.9. The molecular formula is C39H60N2O8. The molecule has 10 heteroatoms. The molecule has 8 rings (SSSR count). The lowest BCUT2D eigenvalue weighted by Gasteiger charge is -2.63. The summed E-state index contributed by atoms with van der Waals surface area (Å²) in [6, 6.07) is 0. The fourth-order valence-electron chi connectivity index (χ4n) is 14.0. The maximum absolute atomic E-state index is 13.1. The molecule has 5 saturated carbocycles. The van der Waals surface area contributed by atoms with E-state index in [0.29, 0.717) is 17.8 Å². The Hall–Kier alpha value is -2.07. The lowest BCUT2D eigenvalue weighted by Crippen LogP contribution is -2.60. The zero-order chi connectivity index (χ0) is 35.1. The second-order valence-electron chi connectivity index (χ2n) is 19.3. The first-order valence-corrected chi connectivity index (χ1v) is 19.5. The average molecular weight is 685 g/mol. The molecule has 274 valence electrons. The first-order valence-electron chi connectivity index (χ1n) is 19.5. The third-order valence-corrected chi connectivity index (χ3v) is 16.9. The van der Waals surface area contributed by atoms with Crippen LogP contribution < -0.4 is 0 Å². The summed E-state index contributed by atoms with van der Waals surface area (Å²) in [6.45, 7) is 18.0. The Balaban J connectivity index is 1.01. The van der Waals surface area contributed by atoms with Gasteiger partial charge < -0.3 is 34.2 Å². The molecule has 0 bridgehead atoms. The second kappa shape index (κ2) is 11.0. The monoisotopic (exact) mass is 684 g/mol. The van der Waals surface area contributed by atoms with E-state index in [4.69, 9.17) is 14.2 Å². The number of aliphatic carboxylic acids is 1. The van der Waals surface area contributed by atoms with Crippen molar-refractivity contribution in [3.05, 3.63) is 0 Å². The highest BCUT2D eigenvalue weighted by Gasteiger charge is 2.84. The van der Waals surface area contributed by atoms with Gasteiger partial charge in [-0.2, -0.15) is 0 Å². The van der Waals surface area contributed by atoms with Crippen LogP contribution in [0.15, 0.2) is 0 Å². The first kappa shape index (κ1) is 34.0. The Bertz CT molecular complexity index is 1390. The van der Waals surface area contributed by atoms with Gasteiger partial charge in [0, 0.05) is 37.0 Å².